The first-order valence-corrected chi connectivity index (χ1v) is 9.28. The van der Waals surface area contributed by atoms with E-state index in [0.717, 1.165) is 28.0 Å². The maximum atomic E-state index is 12.5. The Morgan fingerprint density at radius 2 is 1.85 bits per heavy atom. The molecule has 0 radical (unpaired) electrons. The van der Waals surface area contributed by atoms with Crippen molar-refractivity contribution in [3.8, 4) is 17.2 Å². The summed E-state index contributed by atoms with van der Waals surface area (Å²) in [7, 11) is 3.24. The van der Waals surface area contributed by atoms with Gasteiger partial charge < -0.3 is 14.8 Å². The molecule has 1 N–H and O–H groups in total. The van der Waals surface area contributed by atoms with Crippen LogP contribution in [0, 0.1) is 0 Å². The molecule has 0 aliphatic heterocycles. The molecule has 2 aromatic carbocycles. The minimum atomic E-state index is -0.321. The van der Waals surface area contributed by atoms with Gasteiger partial charge in [0.1, 0.15) is 11.5 Å². The van der Waals surface area contributed by atoms with E-state index in [2.05, 4.69) is 10.3 Å². The van der Waals surface area contributed by atoms with Gasteiger partial charge in [-0.15, -0.1) is 0 Å². The monoisotopic (exact) mass is 383 g/mol. The summed E-state index contributed by atoms with van der Waals surface area (Å²) >= 11 is 1.39. The van der Waals surface area contributed by atoms with E-state index in [4.69, 9.17) is 9.47 Å². The summed E-state index contributed by atoms with van der Waals surface area (Å²) in [5.74, 6) is 1.42. The van der Waals surface area contributed by atoms with E-state index in [-0.39, 0.29) is 11.2 Å². The van der Waals surface area contributed by atoms with Crippen LogP contribution in [0.5, 0.6) is 11.5 Å². The third-order valence-corrected chi connectivity index (χ3v) is 5.03. The van der Waals surface area contributed by atoms with Crippen LogP contribution in [0.25, 0.3) is 5.69 Å². The topological polar surface area (TPSA) is 65.4 Å². The quantitative estimate of drug-likeness (QED) is 0.625. The Balaban J connectivity index is 1.69. The Labute approximate surface area is 162 Å². The highest BCUT2D eigenvalue weighted by atomic mass is 32.2. The van der Waals surface area contributed by atoms with Crippen molar-refractivity contribution in [2.24, 2.45) is 0 Å². The maximum absolute atomic E-state index is 12.5. The van der Waals surface area contributed by atoms with Crippen LogP contribution in [-0.2, 0) is 4.79 Å². The van der Waals surface area contributed by atoms with E-state index in [1.807, 2.05) is 66.2 Å². The van der Waals surface area contributed by atoms with Crippen LogP contribution in [-0.4, -0.2) is 34.9 Å². The SMILES string of the molecule is COc1ccc(NC(=O)C(C)Sc2nccn2-c2cccc(OC)c2)cc1. The molecule has 0 saturated heterocycles. The van der Waals surface area contributed by atoms with Crippen molar-refractivity contribution in [1.82, 2.24) is 9.55 Å². The zero-order valence-electron chi connectivity index (χ0n) is 15.4. The molecular formula is C20H21N3O3S. The summed E-state index contributed by atoms with van der Waals surface area (Å²) in [5, 5.41) is 3.33. The van der Waals surface area contributed by atoms with Gasteiger partial charge in [-0.1, -0.05) is 17.8 Å². The maximum Gasteiger partial charge on any atom is 0.237 e. The number of thioether (sulfide) groups is 1. The summed E-state index contributed by atoms with van der Waals surface area (Å²) in [6.07, 6.45) is 3.58. The number of imidazole rings is 1. The second-order valence-corrected chi connectivity index (χ2v) is 7.07. The molecule has 0 saturated carbocycles. The molecule has 0 fully saturated rings. The molecule has 7 heteroatoms. The summed E-state index contributed by atoms with van der Waals surface area (Å²) in [6.45, 7) is 1.86. The first kappa shape index (κ1) is 18.8. The molecule has 1 atom stereocenters. The van der Waals surface area contributed by atoms with Crippen LogP contribution in [0.2, 0.25) is 0 Å². The fourth-order valence-electron chi connectivity index (χ4n) is 2.46. The van der Waals surface area contributed by atoms with Crippen LogP contribution in [0.3, 0.4) is 0 Å². The van der Waals surface area contributed by atoms with Gasteiger partial charge in [-0.05, 0) is 43.3 Å². The Hall–Kier alpha value is -2.93. The van der Waals surface area contributed by atoms with Gasteiger partial charge in [0.25, 0.3) is 0 Å². The van der Waals surface area contributed by atoms with Crippen molar-refractivity contribution in [1.29, 1.82) is 0 Å². The predicted octanol–water partition coefficient (Wildman–Crippen LogP) is 4.01. The van der Waals surface area contributed by atoms with Gasteiger partial charge in [0.2, 0.25) is 5.91 Å². The predicted molar refractivity (Wildman–Crippen MR) is 107 cm³/mol. The Morgan fingerprint density at radius 3 is 2.56 bits per heavy atom. The molecule has 1 heterocycles. The molecule has 3 rings (SSSR count). The van der Waals surface area contributed by atoms with Gasteiger partial charge in [-0.3, -0.25) is 9.36 Å². The zero-order chi connectivity index (χ0) is 19.2. The number of carbonyl (C=O) groups is 1. The van der Waals surface area contributed by atoms with Gasteiger partial charge in [-0.2, -0.15) is 0 Å². The number of hydrogen-bond acceptors (Lipinski definition) is 5. The average Bonchev–Trinajstić information content (AvgIpc) is 3.16. The van der Waals surface area contributed by atoms with Gasteiger partial charge in [0.15, 0.2) is 5.16 Å². The van der Waals surface area contributed by atoms with E-state index < -0.39 is 0 Å². The smallest absolute Gasteiger partial charge is 0.237 e. The summed E-state index contributed by atoms with van der Waals surface area (Å²) in [6, 6.07) is 14.9. The van der Waals surface area contributed by atoms with E-state index >= 15 is 0 Å². The molecular weight excluding hydrogens is 362 g/mol. The van der Waals surface area contributed by atoms with Crippen molar-refractivity contribution in [3.63, 3.8) is 0 Å². The standard InChI is InChI=1S/C20H21N3O3S/c1-14(19(24)22-15-7-9-17(25-2)10-8-15)27-20-21-11-12-23(20)16-5-4-6-18(13-16)26-3/h4-14H,1-3H3,(H,22,24). The first-order valence-electron chi connectivity index (χ1n) is 8.40. The molecule has 0 bridgehead atoms. The van der Waals surface area contributed by atoms with Gasteiger partial charge >= 0.3 is 0 Å². The molecule has 0 spiro atoms. The van der Waals surface area contributed by atoms with E-state index in [1.165, 1.54) is 11.8 Å². The van der Waals surface area contributed by atoms with Crippen LogP contribution in [0.1, 0.15) is 6.92 Å². The molecule has 1 unspecified atom stereocenters. The normalized spacial score (nSPS) is 11.7. The lowest BCUT2D eigenvalue weighted by molar-refractivity contribution is -0.115. The van der Waals surface area contributed by atoms with Gasteiger partial charge in [0, 0.05) is 24.1 Å². The van der Waals surface area contributed by atoms with Crippen molar-refractivity contribution in [3.05, 3.63) is 60.9 Å². The minimum absolute atomic E-state index is 0.0923. The van der Waals surface area contributed by atoms with Crippen molar-refractivity contribution < 1.29 is 14.3 Å². The number of anilines is 1. The fourth-order valence-corrected chi connectivity index (χ4v) is 3.35. The molecule has 27 heavy (non-hydrogen) atoms. The highest BCUT2D eigenvalue weighted by Gasteiger charge is 2.18. The third kappa shape index (κ3) is 4.62. The van der Waals surface area contributed by atoms with Gasteiger partial charge in [-0.25, -0.2) is 4.98 Å². The number of nitrogens with one attached hydrogen (secondary N) is 1. The summed E-state index contributed by atoms with van der Waals surface area (Å²) in [5.41, 5.74) is 1.65. The van der Waals surface area contributed by atoms with Crippen molar-refractivity contribution in [2.75, 3.05) is 19.5 Å². The molecule has 1 amide bonds. The minimum Gasteiger partial charge on any atom is -0.497 e. The Kier molecular flexibility index (Phi) is 6.03. The summed E-state index contributed by atoms with van der Waals surface area (Å²) in [4.78, 5) is 16.9. The molecule has 0 aliphatic rings. The van der Waals surface area contributed by atoms with E-state index in [1.54, 1.807) is 20.4 Å². The van der Waals surface area contributed by atoms with Crippen LogP contribution in [0.4, 0.5) is 5.69 Å². The van der Waals surface area contributed by atoms with Gasteiger partial charge in [0.05, 0.1) is 25.2 Å². The van der Waals surface area contributed by atoms with Crippen molar-refractivity contribution in [2.45, 2.75) is 17.3 Å². The molecule has 140 valence electrons. The lowest BCUT2D eigenvalue weighted by Gasteiger charge is -2.14. The first-order chi connectivity index (χ1) is 13.1. The number of carbonyl (C=O) groups excluding carboxylic acids is 1. The number of benzene rings is 2. The Morgan fingerprint density at radius 1 is 1.11 bits per heavy atom. The number of methoxy groups -OCH3 is 2. The summed E-state index contributed by atoms with van der Waals surface area (Å²) < 4.78 is 12.3. The third-order valence-electron chi connectivity index (χ3n) is 3.95. The highest BCUT2D eigenvalue weighted by molar-refractivity contribution is 8.00. The van der Waals surface area contributed by atoms with Crippen LogP contribution < -0.4 is 14.8 Å². The molecule has 1 aromatic heterocycles. The Bertz CT molecular complexity index is 909. The van der Waals surface area contributed by atoms with Crippen LogP contribution in [0.15, 0.2) is 66.1 Å². The molecule has 6 nitrogen and oxygen atoms in total. The fraction of sp³-hybridized carbons (Fsp3) is 0.200. The lowest BCUT2D eigenvalue weighted by Crippen LogP contribution is -2.22. The lowest BCUT2D eigenvalue weighted by atomic mass is 10.3. The van der Waals surface area contributed by atoms with E-state index in [9.17, 15) is 4.79 Å². The van der Waals surface area contributed by atoms with E-state index in [0.29, 0.717) is 0 Å². The van der Waals surface area contributed by atoms with Crippen molar-refractivity contribution >= 4 is 23.4 Å². The highest BCUT2D eigenvalue weighted by Crippen LogP contribution is 2.27. The zero-order valence-corrected chi connectivity index (χ0v) is 16.2. The number of amides is 1. The molecule has 3 aromatic rings. The number of ether oxygens (including phenoxy) is 2. The molecule has 0 aliphatic carbocycles. The van der Waals surface area contributed by atoms with Crippen LogP contribution >= 0.6 is 11.8 Å². The number of rotatable bonds is 7. The number of nitrogens with zero attached hydrogens (tertiary/aromatic N) is 2. The average molecular weight is 383 g/mol. The second kappa shape index (κ2) is 8.64. The number of hydrogen-bond donors (Lipinski definition) is 1. The largest absolute Gasteiger partial charge is 0.497 e. The number of aromatic nitrogens is 2. The second-order valence-electron chi connectivity index (χ2n) is 5.76.